The lowest BCUT2D eigenvalue weighted by Gasteiger charge is -2.16. The molecule has 2 aromatic rings. The largest absolute Gasteiger partial charge is 0.392 e. The molecule has 1 unspecified atom stereocenters. The van der Waals surface area contributed by atoms with Gasteiger partial charge in [0.15, 0.2) is 5.78 Å². The second kappa shape index (κ2) is 5.33. The van der Waals surface area contributed by atoms with Gasteiger partial charge in [0.25, 0.3) is 0 Å². The number of nitrogens with one attached hydrogen (secondary N) is 1. The summed E-state index contributed by atoms with van der Waals surface area (Å²) >= 11 is 0. The number of fused-ring (bicyclic) bond motifs is 1. The maximum Gasteiger partial charge on any atom is 0.178 e. The number of rotatable bonds is 5. The molecule has 1 heterocycles. The van der Waals surface area contributed by atoms with Crippen molar-refractivity contribution < 1.29 is 9.90 Å². The second-order valence-corrected chi connectivity index (χ2v) is 4.72. The lowest BCUT2D eigenvalue weighted by molar-refractivity contribution is 0.0903. The number of aliphatic hydroxyl groups excluding tert-OH is 1. The standard InChI is InChI=1S/C14H18N2O2/c1-10(17)8-16(2)9-14(18)12-7-15-13-6-4-3-5-11(12)13/h3-7,10,15,17H,8-9H2,1-2H3. The van der Waals surface area contributed by atoms with Gasteiger partial charge in [-0.25, -0.2) is 0 Å². The van der Waals surface area contributed by atoms with Gasteiger partial charge < -0.3 is 10.1 Å². The summed E-state index contributed by atoms with van der Waals surface area (Å²) in [6, 6.07) is 7.75. The molecule has 1 aromatic carbocycles. The van der Waals surface area contributed by atoms with E-state index in [1.165, 1.54) is 0 Å². The molecule has 1 atom stereocenters. The number of aromatic nitrogens is 1. The molecule has 1 aromatic heterocycles. The Labute approximate surface area is 106 Å². The van der Waals surface area contributed by atoms with Crippen molar-refractivity contribution in [3.05, 3.63) is 36.0 Å². The average Bonchev–Trinajstić information content (AvgIpc) is 2.71. The van der Waals surface area contributed by atoms with Gasteiger partial charge in [-0.1, -0.05) is 18.2 Å². The molecule has 0 amide bonds. The van der Waals surface area contributed by atoms with E-state index in [4.69, 9.17) is 0 Å². The number of benzene rings is 1. The molecular weight excluding hydrogens is 228 g/mol. The number of likely N-dealkylation sites (N-methyl/N-ethyl adjacent to an activating group) is 1. The van der Waals surface area contributed by atoms with Gasteiger partial charge >= 0.3 is 0 Å². The summed E-state index contributed by atoms with van der Waals surface area (Å²) in [5, 5.41) is 10.2. The Morgan fingerprint density at radius 3 is 2.89 bits per heavy atom. The van der Waals surface area contributed by atoms with Crippen LogP contribution in [0.1, 0.15) is 17.3 Å². The lowest BCUT2D eigenvalue weighted by atomic mass is 10.1. The number of aromatic amines is 1. The molecule has 0 saturated heterocycles. The van der Waals surface area contributed by atoms with Crippen LogP contribution < -0.4 is 0 Å². The maximum absolute atomic E-state index is 12.2. The molecule has 4 nitrogen and oxygen atoms in total. The third-order valence-electron chi connectivity index (χ3n) is 2.88. The van der Waals surface area contributed by atoms with Crippen LogP contribution in [0.2, 0.25) is 0 Å². The zero-order valence-corrected chi connectivity index (χ0v) is 10.7. The van der Waals surface area contributed by atoms with Crippen molar-refractivity contribution in [1.29, 1.82) is 0 Å². The number of Topliss-reactive ketones (excluding diaryl/α,β-unsaturated/α-hetero) is 1. The van der Waals surface area contributed by atoms with Gasteiger partial charge in [0.1, 0.15) is 0 Å². The first kappa shape index (κ1) is 12.8. The summed E-state index contributed by atoms with van der Waals surface area (Å²) in [7, 11) is 1.83. The highest BCUT2D eigenvalue weighted by Crippen LogP contribution is 2.18. The van der Waals surface area contributed by atoms with Gasteiger partial charge in [-0.15, -0.1) is 0 Å². The van der Waals surface area contributed by atoms with E-state index in [2.05, 4.69) is 4.98 Å². The minimum atomic E-state index is -0.425. The van der Waals surface area contributed by atoms with Gasteiger partial charge in [0, 0.05) is 29.2 Å². The molecule has 0 aliphatic carbocycles. The minimum absolute atomic E-state index is 0.0654. The first-order chi connectivity index (χ1) is 8.58. The topological polar surface area (TPSA) is 56.3 Å². The van der Waals surface area contributed by atoms with E-state index in [0.717, 1.165) is 10.9 Å². The predicted molar refractivity (Wildman–Crippen MR) is 71.8 cm³/mol. The van der Waals surface area contributed by atoms with Crippen LogP contribution in [0.25, 0.3) is 10.9 Å². The van der Waals surface area contributed by atoms with Crippen LogP contribution in [-0.2, 0) is 0 Å². The molecule has 2 N–H and O–H groups in total. The van der Waals surface area contributed by atoms with Crippen LogP contribution in [0.4, 0.5) is 0 Å². The zero-order chi connectivity index (χ0) is 13.1. The Morgan fingerprint density at radius 1 is 1.44 bits per heavy atom. The Morgan fingerprint density at radius 2 is 2.17 bits per heavy atom. The molecule has 18 heavy (non-hydrogen) atoms. The van der Waals surface area contributed by atoms with Crippen molar-refractivity contribution in [2.45, 2.75) is 13.0 Å². The molecule has 4 heteroatoms. The number of nitrogens with zero attached hydrogens (tertiary/aromatic N) is 1. The number of hydrogen-bond acceptors (Lipinski definition) is 3. The molecular formula is C14H18N2O2. The van der Waals surface area contributed by atoms with E-state index in [9.17, 15) is 9.90 Å². The van der Waals surface area contributed by atoms with Crippen LogP contribution >= 0.6 is 0 Å². The monoisotopic (exact) mass is 246 g/mol. The Hall–Kier alpha value is -1.65. The van der Waals surface area contributed by atoms with Crippen molar-refractivity contribution in [3.8, 4) is 0 Å². The molecule has 0 saturated carbocycles. The van der Waals surface area contributed by atoms with Gasteiger partial charge in [0.05, 0.1) is 12.6 Å². The number of H-pyrrole nitrogens is 1. The second-order valence-electron chi connectivity index (χ2n) is 4.72. The van der Waals surface area contributed by atoms with E-state index in [-0.39, 0.29) is 5.78 Å². The summed E-state index contributed by atoms with van der Waals surface area (Å²) in [5.41, 5.74) is 1.68. The van der Waals surface area contributed by atoms with Gasteiger partial charge in [-0.3, -0.25) is 9.69 Å². The first-order valence-electron chi connectivity index (χ1n) is 6.04. The van der Waals surface area contributed by atoms with Crippen LogP contribution in [0, 0.1) is 0 Å². The summed E-state index contributed by atoms with van der Waals surface area (Å²) < 4.78 is 0. The fraction of sp³-hybridized carbons (Fsp3) is 0.357. The average molecular weight is 246 g/mol. The van der Waals surface area contributed by atoms with Crippen molar-refractivity contribution >= 4 is 16.7 Å². The summed E-state index contributed by atoms with van der Waals surface area (Å²) in [4.78, 5) is 17.1. The molecule has 0 fully saturated rings. The maximum atomic E-state index is 12.2. The number of para-hydroxylation sites is 1. The van der Waals surface area contributed by atoms with Crippen molar-refractivity contribution in [2.75, 3.05) is 20.1 Å². The fourth-order valence-electron chi connectivity index (χ4n) is 2.15. The van der Waals surface area contributed by atoms with Crippen LogP contribution in [0.3, 0.4) is 0 Å². The van der Waals surface area contributed by atoms with E-state index in [1.54, 1.807) is 13.1 Å². The summed E-state index contributed by atoms with van der Waals surface area (Å²) in [6.45, 7) is 2.52. The number of hydrogen-bond donors (Lipinski definition) is 2. The first-order valence-corrected chi connectivity index (χ1v) is 6.04. The van der Waals surface area contributed by atoms with Crippen LogP contribution in [0.15, 0.2) is 30.5 Å². The third kappa shape index (κ3) is 2.78. The molecule has 0 bridgehead atoms. The molecule has 0 aliphatic rings. The summed E-state index contributed by atoms with van der Waals surface area (Å²) in [5.74, 6) is 0.0654. The highest BCUT2D eigenvalue weighted by Gasteiger charge is 2.14. The van der Waals surface area contributed by atoms with Gasteiger partial charge in [0.2, 0.25) is 0 Å². The van der Waals surface area contributed by atoms with Gasteiger partial charge in [-0.2, -0.15) is 0 Å². The Kier molecular flexibility index (Phi) is 3.79. The summed E-state index contributed by atoms with van der Waals surface area (Å²) in [6.07, 6.45) is 1.33. The van der Waals surface area contributed by atoms with Gasteiger partial charge in [-0.05, 0) is 20.0 Å². The SMILES string of the molecule is CC(O)CN(C)CC(=O)c1c[nH]c2ccccc12. The molecule has 0 aliphatic heterocycles. The normalized spacial score (nSPS) is 13.1. The smallest absolute Gasteiger partial charge is 0.178 e. The van der Waals surface area contributed by atoms with E-state index >= 15 is 0 Å². The quantitative estimate of drug-likeness (QED) is 0.789. The minimum Gasteiger partial charge on any atom is -0.392 e. The number of aliphatic hydroxyl groups is 1. The predicted octanol–water partition coefficient (Wildman–Crippen LogP) is 1.66. The molecule has 2 rings (SSSR count). The Balaban J connectivity index is 2.14. The zero-order valence-electron chi connectivity index (χ0n) is 10.7. The number of carbonyl (C=O) groups excluding carboxylic acids is 1. The molecule has 96 valence electrons. The fourth-order valence-corrected chi connectivity index (χ4v) is 2.15. The molecule has 0 spiro atoms. The van der Waals surface area contributed by atoms with E-state index < -0.39 is 6.10 Å². The molecule has 0 radical (unpaired) electrons. The number of carbonyl (C=O) groups is 1. The van der Waals surface area contributed by atoms with E-state index in [0.29, 0.717) is 18.7 Å². The van der Waals surface area contributed by atoms with Crippen molar-refractivity contribution in [2.24, 2.45) is 0 Å². The highest BCUT2D eigenvalue weighted by atomic mass is 16.3. The van der Waals surface area contributed by atoms with Crippen molar-refractivity contribution in [1.82, 2.24) is 9.88 Å². The van der Waals surface area contributed by atoms with Crippen LogP contribution in [0.5, 0.6) is 0 Å². The number of ketones is 1. The van der Waals surface area contributed by atoms with Crippen LogP contribution in [-0.4, -0.2) is 47.0 Å². The highest BCUT2D eigenvalue weighted by molar-refractivity contribution is 6.08. The Bertz CT molecular complexity index is 545. The third-order valence-corrected chi connectivity index (χ3v) is 2.88. The van der Waals surface area contributed by atoms with E-state index in [1.807, 2.05) is 36.2 Å². The lowest BCUT2D eigenvalue weighted by Crippen LogP contribution is -2.32. The van der Waals surface area contributed by atoms with Crippen molar-refractivity contribution in [3.63, 3.8) is 0 Å².